The van der Waals surface area contributed by atoms with Crippen molar-refractivity contribution in [1.29, 1.82) is 0 Å². The average molecular weight is 288 g/mol. The van der Waals surface area contributed by atoms with Crippen molar-refractivity contribution in [1.82, 2.24) is 5.32 Å². The first-order valence-electron chi connectivity index (χ1n) is 7.29. The molecule has 2 heteroatoms. The highest BCUT2D eigenvalue weighted by atomic mass is 35.5. The molecule has 0 spiro atoms. The van der Waals surface area contributed by atoms with Gasteiger partial charge in [-0.25, -0.2) is 0 Å². The molecule has 0 saturated heterocycles. The lowest BCUT2D eigenvalue weighted by Crippen LogP contribution is -2.23. The monoisotopic (exact) mass is 287 g/mol. The van der Waals surface area contributed by atoms with E-state index in [1.807, 2.05) is 12.1 Å². The molecule has 106 valence electrons. The fourth-order valence-electron chi connectivity index (χ4n) is 2.39. The van der Waals surface area contributed by atoms with Crippen LogP contribution in [0.3, 0.4) is 0 Å². The first kappa shape index (κ1) is 15.1. The molecule has 0 saturated carbocycles. The molecule has 1 atom stereocenters. The van der Waals surface area contributed by atoms with Gasteiger partial charge in [-0.15, -0.1) is 0 Å². The topological polar surface area (TPSA) is 12.0 Å². The van der Waals surface area contributed by atoms with Gasteiger partial charge in [0.15, 0.2) is 0 Å². The summed E-state index contributed by atoms with van der Waals surface area (Å²) in [6, 6.07) is 18.9. The van der Waals surface area contributed by atoms with Crippen LogP contribution in [-0.2, 0) is 6.42 Å². The van der Waals surface area contributed by atoms with Crippen LogP contribution < -0.4 is 5.32 Å². The summed E-state index contributed by atoms with van der Waals surface area (Å²) in [4.78, 5) is 0. The molecule has 1 N–H and O–H groups in total. The van der Waals surface area contributed by atoms with Gasteiger partial charge < -0.3 is 5.32 Å². The normalized spacial score (nSPS) is 12.3. The van der Waals surface area contributed by atoms with E-state index in [-0.39, 0.29) is 0 Å². The van der Waals surface area contributed by atoms with E-state index in [9.17, 15) is 0 Å². The molecule has 2 aromatic rings. The highest BCUT2D eigenvalue weighted by Crippen LogP contribution is 2.21. The predicted molar refractivity (Wildman–Crippen MR) is 87.5 cm³/mol. The first-order valence-corrected chi connectivity index (χ1v) is 7.67. The maximum atomic E-state index is 5.96. The van der Waals surface area contributed by atoms with Crippen molar-refractivity contribution in [2.75, 3.05) is 13.1 Å². The minimum absolute atomic E-state index is 0.504. The van der Waals surface area contributed by atoms with E-state index in [1.54, 1.807) is 0 Å². The number of hydrogen-bond acceptors (Lipinski definition) is 1. The van der Waals surface area contributed by atoms with Crippen LogP contribution in [0, 0.1) is 0 Å². The molecular formula is C18H22ClN. The summed E-state index contributed by atoms with van der Waals surface area (Å²) in [5, 5.41) is 4.34. The Labute approximate surface area is 127 Å². The third-order valence-corrected chi connectivity index (χ3v) is 3.74. The predicted octanol–water partition coefficient (Wildman–Crippen LogP) is 4.67. The second kappa shape index (κ2) is 8.08. The lowest BCUT2D eigenvalue weighted by atomic mass is 9.92. The van der Waals surface area contributed by atoms with Gasteiger partial charge in [0.25, 0.3) is 0 Å². The van der Waals surface area contributed by atoms with Crippen molar-refractivity contribution in [2.24, 2.45) is 0 Å². The Hall–Kier alpha value is -1.31. The van der Waals surface area contributed by atoms with E-state index in [2.05, 4.69) is 54.7 Å². The van der Waals surface area contributed by atoms with Gasteiger partial charge in [0.05, 0.1) is 0 Å². The average Bonchev–Trinajstić information content (AvgIpc) is 2.49. The summed E-state index contributed by atoms with van der Waals surface area (Å²) in [5.74, 6) is 0.504. The van der Waals surface area contributed by atoms with Crippen molar-refractivity contribution in [2.45, 2.75) is 25.7 Å². The zero-order chi connectivity index (χ0) is 14.2. The Kier molecular flexibility index (Phi) is 6.10. The van der Waals surface area contributed by atoms with Crippen molar-refractivity contribution in [3.63, 3.8) is 0 Å². The quantitative estimate of drug-likeness (QED) is 0.730. The van der Waals surface area contributed by atoms with Crippen LogP contribution in [0.5, 0.6) is 0 Å². The van der Waals surface area contributed by atoms with E-state index < -0.39 is 0 Å². The zero-order valence-corrected chi connectivity index (χ0v) is 12.7. The van der Waals surface area contributed by atoms with E-state index in [4.69, 9.17) is 11.6 Å². The van der Waals surface area contributed by atoms with Gasteiger partial charge in [0.1, 0.15) is 0 Å². The number of hydrogen-bond donors (Lipinski definition) is 1. The molecule has 0 aliphatic carbocycles. The molecule has 0 bridgehead atoms. The summed E-state index contributed by atoms with van der Waals surface area (Å²) in [6.07, 6.45) is 2.21. The Morgan fingerprint density at radius 2 is 1.70 bits per heavy atom. The van der Waals surface area contributed by atoms with Crippen LogP contribution >= 0.6 is 11.6 Å². The van der Waals surface area contributed by atoms with Crippen molar-refractivity contribution in [3.8, 4) is 0 Å². The smallest absolute Gasteiger partial charge is 0.0406 e. The highest BCUT2D eigenvalue weighted by Gasteiger charge is 2.11. The molecule has 0 aliphatic heterocycles. The van der Waals surface area contributed by atoms with Gasteiger partial charge in [0.2, 0.25) is 0 Å². The summed E-state index contributed by atoms with van der Waals surface area (Å²) >= 11 is 5.96. The van der Waals surface area contributed by atoms with Crippen molar-refractivity contribution in [3.05, 3.63) is 70.7 Å². The van der Waals surface area contributed by atoms with Crippen LogP contribution in [-0.4, -0.2) is 13.1 Å². The minimum Gasteiger partial charge on any atom is -0.316 e. The van der Waals surface area contributed by atoms with E-state index in [0.29, 0.717) is 5.92 Å². The molecule has 20 heavy (non-hydrogen) atoms. The summed E-state index contributed by atoms with van der Waals surface area (Å²) in [5.41, 5.74) is 2.73. The van der Waals surface area contributed by atoms with Crippen LogP contribution in [0.25, 0.3) is 0 Å². The number of nitrogens with one attached hydrogen (secondary N) is 1. The summed E-state index contributed by atoms with van der Waals surface area (Å²) in [6.45, 7) is 4.29. The Morgan fingerprint density at radius 1 is 1.00 bits per heavy atom. The Morgan fingerprint density at radius 3 is 2.35 bits per heavy atom. The molecular weight excluding hydrogens is 266 g/mol. The molecule has 0 radical (unpaired) electrons. The Balaban J connectivity index is 2.07. The fourth-order valence-corrected chi connectivity index (χ4v) is 2.52. The van der Waals surface area contributed by atoms with Crippen LogP contribution in [0.4, 0.5) is 0 Å². The van der Waals surface area contributed by atoms with E-state index >= 15 is 0 Å². The molecule has 2 aromatic carbocycles. The standard InChI is InChI=1S/C18H22ClN/c1-2-12-20-14-17(16-6-4-3-5-7-16)13-15-8-10-18(19)11-9-15/h3-11,17,20H,2,12-14H2,1H3. The SMILES string of the molecule is CCCNCC(Cc1ccc(Cl)cc1)c1ccccc1. The first-order chi connectivity index (χ1) is 9.79. The van der Waals surface area contributed by atoms with Gasteiger partial charge in [0, 0.05) is 17.5 Å². The van der Waals surface area contributed by atoms with Gasteiger partial charge >= 0.3 is 0 Å². The maximum Gasteiger partial charge on any atom is 0.0406 e. The van der Waals surface area contributed by atoms with Gasteiger partial charge in [-0.1, -0.05) is 61.0 Å². The minimum atomic E-state index is 0.504. The molecule has 0 aromatic heterocycles. The van der Waals surface area contributed by atoms with Gasteiger partial charge in [-0.05, 0) is 42.6 Å². The lowest BCUT2D eigenvalue weighted by molar-refractivity contribution is 0.576. The molecule has 1 unspecified atom stereocenters. The van der Waals surface area contributed by atoms with E-state index in [0.717, 1.165) is 24.5 Å². The van der Waals surface area contributed by atoms with E-state index in [1.165, 1.54) is 17.5 Å². The molecule has 0 fully saturated rings. The lowest BCUT2D eigenvalue weighted by Gasteiger charge is -2.18. The van der Waals surface area contributed by atoms with Crippen molar-refractivity contribution >= 4 is 11.6 Å². The molecule has 0 aliphatic rings. The van der Waals surface area contributed by atoms with Gasteiger partial charge in [-0.2, -0.15) is 0 Å². The second-order valence-corrected chi connectivity index (χ2v) is 5.58. The Bertz CT molecular complexity index is 493. The molecule has 0 amide bonds. The highest BCUT2D eigenvalue weighted by molar-refractivity contribution is 6.30. The summed E-state index contributed by atoms with van der Waals surface area (Å²) < 4.78 is 0. The molecule has 0 heterocycles. The summed E-state index contributed by atoms with van der Waals surface area (Å²) in [7, 11) is 0. The second-order valence-electron chi connectivity index (χ2n) is 5.14. The third kappa shape index (κ3) is 4.66. The number of benzene rings is 2. The van der Waals surface area contributed by atoms with Gasteiger partial charge in [-0.3, -0.25) is 0 Å². The molecule has 2 rings (SSSR count). The molecule has 1 nitrogen and oxygen atoms in total. The van der Waals surface area contributed by atoms with Crippen LogP contribution in [0.2, 0.25) is 5.02 Å². The largest absolute Gasteiger partial charge is 0.316 e. The number of halogens is 1. The maximum absolute atomic E-state index is 5.96. The van der Waals surface area contributed by atoms with Crippen LogP contribution in [0.15, 0.2) is 54.6 Å². The van der Waals surface area contributed by atoms with Crippen molar-refractivity contribution < 1.29 is 0 Å². The third-order valence-electron chi connectivity index (χ3n) is 3.48. The zero-order valence-electron chi connectivity index (χ0n) is 12.0. The van der Waals surface area contributed by atoms with Crippen LogP contribution in [0.1, 0.15) is 30.4 Å². The fraction of sp³-hybridized carbons (Fsp3) is 0.333. The number of rotatable bonds is 7.